The van der Waals surface area contributed by atoms with Crippen molar-refractivity contribution in [2.45, 2.75) is 24.5 Å². The second-order valence-corrected chi connectivity index (χ2v) is 7.59. The molecule has 1 aliphatic heterocycles. The molecule has 0 aliphatic carbocycles. The van der Waals surface area contributed by atoms with Gasteiger partial charge in [-0.15, -0.1) is 0 Å². The van der Waals surface area contributed by atoms with Crippen LogP contribution in [-0.4, -0.2) is 66.3 Å². The molecule has 8 nitrogen and oxygen atoms in total. The lowest BCUT2D eigenvalue weighted by atomic mass is 10.1. The normalized spacial score (nSPS) is 29.6. The quantitative estimate of drug-likeness (QED) is 0.616. The Morgan fingerprint density at radius 2 is 2.05 bits per heavy atom. The van der Waals surface area contributed by atoms with E-state index in [4.69, 9.17) is 10.5 Å². The monoisotopic (exact) mass is 312 g/mol. The van der Waals surface area contributed by atoms with Crippen LogP contribution in [-0.2, 0) is 15.6 Å². The summed E-state index contributed by atoms with van der Waals surface area (Å²) in [7, 11) is 0.0998. The summed E-state index contributed by atoms with van der Waals surface area (Å²) in [5.74, 6) is 0.963. The predicted molar refractivity (Wildman–Crippen MR) is 79.7 cm³/mol. The van der Waals surface area contributed by atoms with Crippen LogP contribution in [0.5, 0.6) is 0 Å². The van der Waals surface area contributed by atoms with Crippen LogP contribution in [0, 0.1) is 0 Å². The number of hydrogen-bond donors (Lipinski definition) is 3. The van der Waals surface area contributed by atoms with Crippen LogP contribution in [0.25, 0.3) is 11.2 Å². The SMILES string of the molecule is C[S+](C)C[C@@H]1O[C@H](n2cnc3c(N)ncnc32)C(O)C1O. The maximum absolute atomic E-state index is 10.2. The maximum Gasteiger partial charge on any atom is 0.167 e. The topological polar surface area (TPSA) is 119 Å². The average molecular weight is 312 g/mol. The van der Waals surface area contributed by atoms with Crippen molar-refractivity contribution < 1.29 is 14.9 Å². The third kappa shape index (κ3) is 2.46. The Morgan fingerprint density at radius 3 is 2.76 bits per heavy atom. The van der Waals surface area contributed by atoms with E-state index < -0.39 is 24.5 Å². The number of nitrogens with zero attached hydrogens (tertiary/aromatic N) is 4. The molecule has 1 aliphatic rings. The fourth-order valence-corrected chi connectivity index (χ4v) is 3.41. The van der Waals surface area contributed by atoms with Gasteiger partial charge in [0.15, 0.2) is 17.7 Å². The van der Waals surface area contributed by atoms with E-state index in [2.05, 4.69) is 27.5 Å². The number of nitrogen functional groups attached to an aromatic ring is 1. The van der Waals surface area contributed by atoms with Crippen LogP contribution >= 0.6 is 0 Å². The molecule has 1 fully saturated rings. The number of ether oxygens (including phenoxy) is 1. The van der Waals surface area contributed by atoms with Gasteiger partial charge in [-0.2, -0.15) is 0 Å². The molecular formula is C12H18N5O3S+. The summed E-state index contributed by atoms with van der Waals surface area (Å²) in [6, 6.07) is 0. The molecule has 3 heterocycles. The van der Waals surface area contributed by atoms with Crippen molar-refractivity contribution in [2.24, 2.45) is 0 Å². The lowest BCUT2D eigenvalue weighted by molar-refractivity contribution is -0.0289. The molecular weight excluding hydrogens is 294 g/mol. The zero-order chi connectivity index (χ0) is 15.1. The predicted octanol–water partition coefficient (Wildman–Crippen LogP) is -1.09. The van der Waals surface area contributed by atoms with Crippen molar-refractivity contribution >= 4 is 27.9 Å². The van der Waals surface area contributed by atoms with Crippen LogP contribution in [0.1, 0.15) is 6.23 Å². The molecule has 4 N–H and O–H groups in total. The van der Waals surface area contributed by atoms with Gasteiger partial charge in [0.05, 0.1) is 18.8 Å². The first kappa shape index (κ1) is 14.5. The van der Waals surface area contributed by atoms with Gasteiger partial charge in [-0.1, -0.05) is 0 Å². The lowest BCUT2D eigenvalue weighted by Gasteiger charge is -2.16. The van der Waals surface area contributed by atoms with Gasteiger partial charge in [-0.25, -0.2) is 15.0 Å². The Labute approximate surface area is 124 Å². The van der Waals surface area contributed by atoms with Gasteiger partial charge in [0.25, 0.3) is 0 Å². The number of rotatable bonds is 3. The molecule has 2 aromatic heterocycles. The van der Waals surface area contributed by atoms with Gasteiger partial charge in [0.1, 0.15) is 35.9 Å². The minimum atomic E-state index is -1.04. The molecule has 0 bridgehead atoms. The van der Waals surface area contributed by atoms with Crippen molar-refractivity contribution in [2.75, 3.05) is 24.0 Å². The Bertz CT molecular complexity index is 649. The standard InChI is InChI=1S/C12H18N5O3S/c1-21(2)3-6-8(18)9(19)12(20-6)17-5-16-7-10(13)14-4-15-11(7)17/h4-6,8-9,12,18-19H,3H2,1-2H3,(H2,13,14,15)/q+1/t6-,8?,9?,12-/m0/s1. The van der Waals surface area contributed by atoms with Gasteiger partial charge in [0.2, 0.25) is 0 Å². The molecule has 0 radical (unpaired) electrons. The number of nitrogens with two attached hydrogens (primary N) is 1. The van der Waals surface area contributed by atoms with Crippen molar-refractivity contribution in [3.05, 3.63) is 12.7 Å². The van der Waals surface area contributed by atoms with E-state index in [9.17, 15) is 10.2 Å². The summed E-state index contributed by atoms with van der Waals surface area (Å²) >= 11 is 0. The fraction of sp³-hybridized carbons (Fsp3) is 0.583. The molecule has 9 heteroatoms. The second kappa shape index (κ2) is 5.41. The van der Waals surface area contributed by atoms with E-state index in [1.54, 1.807) is 4.57 Å². The van der Waals surface area contributed by atoms with Gasteiger partial charge < -0.3 is 20.7 Å². The highest BCUT2D eigenvalue weighted by Crippen LogP contribution is 2.32. The van der Waals surface area contributed by atoms with E-state index in [0.29, 0.717) is 16.9 Å². The zero-order valence-electron chi connectivity index (χ0n) is 11.7. The summed E-state index contributed by atoms with van der Waals surface area (Å²) in [5, 5.41) is 20.4. The van der Waals surface area contributed by atoms with E-state index >= 15 is 0 Å². The first-order valence-electron chi connectivity index (χ1n) is 6.48. The Balaban J connectivity index is 1.94. The second-order valence-electron chi connectivity index (χ2n) is 5.28. The van der Waals surface area contributed by atoms with E-state index in [1.807, 2.05) is 0 Å². The van der Waals surface area contributed by atoms with Gasteiger partial charge >= 0.3 is 0 Å². The highest BCUT2D eigenvalue weighted by Gasteiger charge is 2.46. The molecule has 2 aromatic rings. The largest absolute Gasteiger partial charge is 0.387 e. The summed E-state index contributed by atoms with van der Waals surface area (Å²) < 4.78 is 7.41. The zero-order valence-corrected chi connectivity index (χ0v) is 12.6. The molecule has 114 valence electrons. The molecule has 0 spiro atoms. The maximum atomic E-state index is 10.2. The number of hydrogen-bond acceptors (Lipinski definition) is 7. The summed E-state index contributed by atoms with van der Waals surface area (Å²) in [5.41, 5.74) is 6.68. The lowest BCUT2D eigenvalue weighted by Crippen LogP contribution is -2.34. The Morgan fingerprint density at radius 1 is 1.29 bits per heavy atom. The number of aliphatic hydroxyl groups excluding tert-OH is 2. The summed E-state index contributed by atoms with van der Waals surface area (Å²) in [4.78, 5) is 12.2. The molecule has 1 saturated heterocycles. The van der Waals surface area contributed by atoms with Crippen LogP contribution in [0.4, 0.5) is 5.82 Å². The minimum absolute atomic E-state index is 0.0998. The Hall–Kier alpha value is -1.42. The first-order chi connectivity index (χ1) is 9.99. The molecule has 0 saturated carbocycles. The first-order valence-corrected chi connectivity index (χ1v) is 8.69. The minimum Gasteiger partial charge on any atom is -0.387 e. The summed E-state index contributed by atoms with van der Waals surface area (Å²) in [6.45, 7) is 0. The van der Waals surface area contributed by atoms with Gasteiger partial charge in [0, 0.05) is 0 Å². The smallest absolute Gasteiger partial charge is 0.167 e. The highest BCUT2D eigenvalue weighted by atomic mass is 32.2. The van der Waals surface area contributed by atoms with Gasteiger partial charge in [-0.05, 0) is 10.9 Å². The third-order valence-corrected chi connectivity index (χ3v) is 4.49. The molecule has 3 rings (SSSR count). The van der Waals surface area contributed by atoms with Gasteiger partial charge in [-0.3, -0.25) is 4.57 Å². The number of aliphatic hydroxyl groups is 2. The van der Waals surface area contributed by atoms with E-state index in [1.165, 1.54) is 12.7 Å². The average Bonchev–Trinajstić information content (AvgIpc) is 2.96. The highest BCUT2D eigenvalue weighted by molar-refractivity contribution is 7.95. The number of anilines is 1. The van der Waals surface area contributed by atoms with Crippen LogP contribution < -0.4 is 5.73 Å². The van der Waals surface area contributed by atoms with E-state index in [0.717, 1.165) is 0 Å². The van der Waals surface area contributed by atoms with Crippen LogP contribution in [0.15, 0.2) is 12.7 Å². The van der Waals surface area contributed by atoms with Crippen LogP contribution in [0.2, 0.25) is 0 Å². The molecule has 0 aromatic carbocycles. The summed E-state index contributed by atoms with van der Waals surface area (Å²) in [6.07, 6.45) is 3.87. The number of fused-ring (bicyclic) bond motifs is 1. The molecule has 21 heavy (non-hydrogen) atoms. The van der Waals surface area contributed by atoms with E-state index in [-0.39, 0.29) is 16.7 Å². The molecule has 0 amide bonds. The molecule has 2 unspecified atom stereocenters. The van der Waals surface area contributed by atoms with Crippen molar-refractivity contribution in [3.63, 3.8) is 0 Å². The third-order valence-electron chi connectivity index (χ3n) is 3.50. The van der Waals surface area contributed by atoms with Crippen LogP contribution in [0.3, 0.4) is 0 Å². The van der Waals surface area contributed by atoms with Crippen molar-refractivity contribution in [1.29, 1.82) is 0 Å². The fourth-order valence-electron chi connectivity index (χ4n) is 2.48. The number of imidazole rings is 1. The Kier molecular flexibility index (Phi) is 3.74. The number of aromatic nitrogens is 4. The van der Waals surface area contributed by atoms with Crippen molar-refractivity contribution in [1.82, 2.24) is 19.5 Å². The van der Waals surface area contributed by atoms with Crippen molar-refractivity contribution in [3.8, 4) is 0 Å². The molecule has 4 atom stereocenters.